The van der Waals surface area contributed by atoms with Crippen molar-refractivity contribution in [1.29, 1.82) is 0 Å². The molecule has 0 radical (unpaired) electrons. The lowest BCUT2D eigenvalue weighted by Gasteiger charge is -2.03. The Hall–Kier alpha value is -2.49. The van der Waals surface area contributed by atoms with Crippen molar-refractivity contribution in [2.75, 3.05) is 0 Å². The molecule has 0 aliphatic carbocycles. The molecular weight excluding hydrogens is 212 g/mol. The maximum Gasteiger partial charge on any atom is 0.117 e. The van der Waals surface area contributed by atoms with Crippen LogP contribution in [0.25, 0.3) is 32.8 Å². The van der Waals surface area contributed by atoms with Crippen LogP contribution in [0, 0.1) is 0 Å². The highest BCUT2D eigenvalue weighted by atomic mass is 14.9. The van der Waals surface area contributed by atoms with Crippen LogP contribution in [0.1, 0.15) is 0 Å². The second-order valence-electron chi connectivity index (χ2n) is 3.93. The molecule has 0 fully saturated rings. The predicted octanol–water partition coefficient (Wildman–Crippen LogP) is 2.66. The molecule has 17 heavy (non-hydrogen) atoms. The average Bonchev–Trinajstić information content (AvgIpc) is 2.89. The summed E-state index contributed by atoms with van der Waals surface area (Å²) >= 11 is 0. The minimum absolute atomic E-state index is 0.904. The maximum atomic E-state index is 4.45. The number of aromatic nitrogens is 4. The van der Waals surface area contributed by atoms with Gasteiger partial charge in [-0.05, 0) is 24.3 Å². The number of pyridine rings is 2. The SMILES string of the molecule is c1cnc2c(c1)c1ncnc1c1[nH]cccc21. The summed E-state index contributed by atoms with van der Waals surface area (Å²) in [6, 6.07) is 7.98. The predicted molar refractivity (Wildman–Crippen MR) is 66.7 cm³/mol. The van der Waals surface area contributed by atoms with Crippen molar-refractivity contribution in [1.82, 2.24) is 19.9 Å². The van der Waals surface area contributed by atoms with Gasteiger partial charge in [0.1, 0.15) is 17.4 Å². The van der Waals surface area contributed by atoms with Crippen LogP contribution in [0.4, 0.5) is 0 Å². The molecule has 0 amide bonds. The molecule has 1 N–H and O–H groups in total. The summed E-state index contributed by atoms with van der Waals surface area (Å²) in [4.78, 5) is 16.3. The molecule has 0 saturated heterocycles. The third kappa shape index (κ3) is 1.04. The van der Waals surface area contributed by atoms with Crippen molar-refractivity contribution in [2.24, 2.45) is 0 Å². The molecule has 1 aromatic carbocycles. The minimum Gasteiger partial charge on any atom is -0.359 e. The van der Waals surface area contributed by atoms with Crippen LogP contribution in [0.2, 0.25) is 0 Å². The lowest BCUT2D eigenvalue weighted by atomic mass is 10.1. The van der Waals surface area contributed by atoms with Gasteiger partial charge in [-0.25, -0.2) is 9.97 Å². The summed E-state index contributed by atoms with van der Waals surface area (Å²) in [7, 11) is 0. The molecule has 4 aromatic rings. The topological polar surface area (TPSA) is 54.5 Å². The molecule has 0 aliphatic heterocycles. The van der Waals surface area contributed by atoms with Crippen molar-refractivity contribution < 1.29 is 0 Å². The first-order valence-corrected chi connectivity index (χ1v) is 5.39. The quantitative estimate of drug-likeness (QED) is 0.463. The summed E-state index contributed by atoms with van der Waals surface area (Å²) in [6.45, 7) is 0. The Morgan fingerprint density at radius 3 is 2.71 bits per heavy atom. The Bertz CT molecular complexity index is 778. The molecule has 0 saturated carbocycles. The van der Waals surface area contributed by atoms with Crippen molar-refractivity contribution in [2.45, 2.75) is 0 Å². The lowest BCUT2D eigenvalue weighted by molar-refractivity contribution is 1.34. The van der Waals surface area contributed by atoms with Gasteiger partial charge in [0.2, 0.25) is 0 Å². The molecule has 0 atom stereocenters. The van der Waals surface area contributed by atoms with Crippen LogP contribution in [-0.2, 0) is 0 Å². The van der Waals surface area contributed by atoms with Crippen LogP contribution < -0.4 is 0 Å². The van der Waals surface area contributed by atoms with E-state index in [1.54, 1.807) is 12.5 Å². The number of H-pyrrole nitrogens is 1. The number of nitrogens with one attached hydrogen (secondary N) is 1. The summed E-state index contributed by atoms with van der Waals surface area (Å²) in [5, 5.41) is 2.13. The Balaban J connectivity index is 2.48. The minimum atomic E-state index is 0.904. The molecular formula is C13H8N4. The van der Waals surface area contributed by atoms with E-state index in [1.165, 1.54) is 0 Å². The van der Waals surface area contributed by atoms with Gasteiger partial charge in [0, 0.05) is 23.2 Å². The van der Waals surface area contributed by atoms with E-state index in [0.717, 1.165) is 32.8 Å². The third-order valence-corrected chi connectivity index (χ3v) is 3.01. The molecule has 0 bridgehead atoms. The Kier molecular flexibility index (Phi) is 1.53. The zero-order chi connectivity index (χ0) is 11.2. The average molecular weight is 220 g/mol. The zero-order valence-electron chi connectivity index (χ0n) is 8.88. The third-order valence-electron chi connectivity index (χ3n) is 3.01. The van der Waals surface area contributed by atoms with E-state index in [4.69, 9.17) is 0 Å². The highest BCUT2D eigenvalue weighted by Gasteiger charge is 2.10. The standard InChI is InChI=1S/C13H8N4/c1-4-9-10(14-5-1)8-3-2-6-15-11(8)13-12(9)16-7-17-13/h1-7,15H. The fraction of sp³-hybridized carbons (Fsp3) is 0. The van der Waals surface area contributed by atoms with Crippen molar-refractivity contribution >= 4 is 32.8 Å². The number of benzene rings is 1. The first-order valence-electron chi connectivity index (χ1n) is 5.39. The summed E-state index contributed by atoms with van der Waals surface area (Å²) in [6.07, 6.45) is 5.29. The molecule has 4 rings (SSSR count). The molecule has 0 unspecified atom stereocenters. The van der Waals surface area contributed by atoms with E-state index in [0.29, 0.717) is 0 Å². The largest absolute Gasteiger partial charge is 0.359 e. The first kappa shape index (κ1) is 8.64. The van der Waals surface area contributed by atoms with E-state index in [1.807, 2.05) is 24.4 Å². The van der Waals surface area contributed by atoms with E-state index in [2.05, 4.69) is 26.0 Å². The van der Waals surface area contributed by atoms with Gasteiger partial charge >= 0.3 is 0 Å². The number of imidazole rings is 1. The van der Waals surface area contributed by atoms with E-state index in [9.17, 15) is 0 Å². The lowest BCUT2D eigenvalue weighted by Crippen LogP contribution is -1.86. The first-order chi connectivity index (χ1) is 8.45. The maximum absolute atomic E-state index is 4.45. The molecule has 80 valence electrons. The van der Waals surface area contributed by atoms with Crippen LogP contribution in [0.15, 0.2) is 43.0 Å². The summed E-state index contributed by atoms with van der Waals surface area (Å²) in [5.41, 5.74) is 3.77. The smallest absolute Gasteiger partial charge is 0.117 e. The van der Waals surface area contributed by atoms with Gasteiger partial charge in [0.15, 0.2) is 0 Å². The van der Waals surface area contributed by atoms with Crippen LogP contribution in [0.5, 0.6) is 0 Å². The molecule has 4 heteroatoms. The fourth-order valence-electron chi connectivity index (χ4n) is 2.29. The number of aromatic amines is 1. The molecule has 0 spiro atoms. The highest BCUT2D eigenvalue weighted by molar-refractivity contribution is 6.20. The van der Waals surface area contributed by atoms with E-state index in [-0.39, 0.29) is 0 Å². The number of hydrogen-bond acceptors (Lipinski definition) is 3. The zero-order valence-corrected chi connectivity index (χ0v) is 8.88. The number of nitrogens with zero attached hydrogens (tertiary/aromatic N) is 3. The molecule has 3 aromatic heterocycles. The van der Waals surface area contributed by atoms with Crippen LogP contribution in [-0.4, -0.2) is 19.9 Å². The van der Waals surface area contributed by atoms with Gasteiger partial charge in [-0.1, -0.05) is 0 Å². The van der Waals surface area contributed by atoms with Gasteiger partial charge in [-0.3, -0.25) is 4.98 Å². The Morgan fingerprint density at radius 1 is 0.824 bits per heavy atom. The van der Waals surface area contributed by atoms with E-state index >= 15 is 0 Å². The fourth-order valence-corrected chi connectivity index (χ4v) is 2.29. The molecule has 4 nitrogen and oxygen atoms in total. The summed E-state index contributed by atoms with van der Waals surface area (Å²) < 4.78 is 0. The number of hydrogen-bond donors (Lipinski definition) is 1. The van der Waals surface area contributed by atoms with Gasteiger partial charge in [0.05, 0.1) is 11.0 Å². The van der Waals surface area contributed by atoms with Crippen molar-refractivity contribution in [3.05, 3.63) is 43.0 Å². The highest BCUT2D eigenvalue weighted by Crippen LogP contribution is 2.29. The number of fused-ring (bicyclic) bond motifs is 6. The van der Waals surface area contributed by atoms with Gasteiger partial charge in [-0.2, -0.15) is 0 Å². The van der Waals surface area contributed by atoms with Crippen LogP contribution >= 0.6 is 0 Å². The number of rotatable bonds is 0. The normalized spacial score (nSPS) is 11.5. The van der Waals surface area contributed by atoms with Crippen LogP contribution in [0.3, 0.4) is 0 Å². The van der Waals surface area contributed by atoms with E-state index < -0.39 is 0 Å². The molecule has 0 aliphatic rings. The second-order valence-corrected chi connectivity index (χ2v) is 3.93. The summed E-state index contributed by atoms with van der Waals surface area (Å²) in [5.74, 6) is 0. The Morgan fingerprint density at radius 2 is 1.71 bits per heavy atom. The van der Waals surface area contributed by atoms with Gasteiger partial charge in [0.25, 0.3) is 0 Å². The van der Waals surface area contributed by atoms with Gasteiger partial charge in [-0.15, -0.1) is 0 Å². The van der Waals surface area contributed by atoms with Crippen molar-refractivity contribution in [3.63, 3.8) is 0 Å². The van der Waals surface area contributed by atoms with Gasteiger partial charge < -0.3 is 4.98 Å². The Labute approximate surface area is 96.3 Å². The second kappa shape index (κ2) is 3.01. The molecule has 3 heterocycles. The monoisotopic (exact) mass is 220 g/mol. The van der Waals surface area contributed by atoms with Crippen molar-refractivity contribution in [3.8, 4) is 0 Å².